The molecule has 0 aliphatic carbocycles. The van der Waals surface area contributed by atoms with E-state index in [1.807, 2.05) is 24.4 Å². The first kappa shape index (κ1) is 27.3. The summed E-state index contributed by atoms with van der Waals surface area (Å²) in [5.41, 5.74) is 10.8. The van der Waals surface area contributed by atoms with Gasteiger partial charge in [0, 0.05) is 17.0 Å². The van der Waals surface area contributed by atoms with Crippen LogP contribution in [-0.4, -0.2) is 14.5 Å². The number of benzene rings is 5. The van der Waals surface area contributed by atoms with Crippen molar-refractivity contribution in [3.05, 3.63) is 152 Å². The Balaban J connectivity index is 0.00000300. The molecule has 214 valence electrons. The Hall–Kier alpha value is -5.31. The van der Waals surface area contributed by atoms with E-state index < -0.39 is 0 Å². The molecular formula is C40H24N4Pt. The van der Waals surface area contributed by atoms with E-state index in [1.54, 1.807) is 0 Å². The molecule has 0 fully saturated rings. The summed E-state index contributed by atoms with van der Waals surface area (Å²) in [6.45, 7) is 0. The molecule has 9 rings (SSSR count). The third-order valence-electron chi connectivity index (χ3n) is 8.40. The molecule has 0 aliphatic heterocycles. The van der Waals surface area contributed by atoms with Crippen molar-refractivity contribution in [3.8, 4) is 39.3 Å². The smallest absolute Gasteiger partial charge is 0.656 e. The summed E-state index contributed by atoms with van der Waals surface area (Å²) in [6, 6.07) is 52.0. The van der Waals surface area contributed by atoms with Gasteiger partial charge in [-0.25, -0.2) is 4.98 Å². The zero-order valence-corrected chi connectivity index (χ0v) is 26.2. The van der Waals surface area contributed by atoms with Crippen LogP contribution < -0.4 is 4.98 Å². The van der Waals surface area contributed by atoms with E-state index in [4.69, 9.17) is 15.0 Å². The first-order chi connectivity index (χ1) is 21.8. The maximum absolute atomic E-state index is 5.27. The molecule has 0 saturated carbocycles. The fraction of sp³-hybridized carbons (Fsp3) is 0. The molecular weight excluding hydrogens is 732 g/mol. The van der Waals surface area contributed by atoms with Crippen LogP contribution in [0.2, 0.25) is 0 Å². The summed E-state index contributed by atoms with van der Waals surface area (Å²) in [5, 5.41) is 4.59. The van der Waals surface area contributed by atoms with E-state index >= 15 is 0 Å². The van der Waals surface area contributed by atoms with Crippen molar-refractivity contribution >= 4 is 43.7 Å². The average molecular weight is 756 g/mol. The van der Waals surface area contributed by atoms with Crippen molar-refractivity contribution in [3.63, 3.8) is 0 Å². The Morgan fingerprint density at radius 2 is 1.31 bits per heavy atom. The molecule has 0 radical (unpaired) electrons. The second kappa shape index (κ2) is 11.0. The van der Waals surface area contributed by atoms with Crippen molar-refractivity contribution in [2.24, 2.45) is 0 Å². The van der Waals surface area contributed by atoms with Crippen molar-refractivity contribution in [2.75, 3.05) is 0 Å². The van der Waals surface area contributed by atoms with Gasteiger partial charge in [-0.2, -0.15) is 0 Å². The molecule has 5 aromatic carbocycles. The number of fused-ring (bicyclic) bond motifs is 6. The Morgan fingerprint density at radius 3 is 2.22 bits per heavy atom. The molecule has 4 aromatic heterocycles. The van der Waals surface area contributed by atoms with Gasteiger partial charge in [0.05, 0.1) is 11.2 Å². The first-order valence-electron chi connectivity index (χ1n) is 14.7. The van der Waals surface area contributed by atoms with Gasteiger partial charge >= 0.3 is 21.1 Å². The van der Waals surface area contributed by atoms with Crippen LogP contribution in [0, 0.1) is 6.07 Å². The Labute approximate surface area is 274 Å². The minimum Gasteiger partial charge on any atom is -0.656 e. The second-order valence-electron chi connectivity index (χ2n) is 11.0. The van der Waals surface area contributed by atoms with Crippen LogP contribution in [0.15, 0.2) is 146 Å². The third-order valence-corrected chi connectivity index (χ3v) is 8.40. The van der Waals surface area contributed by atoms with Gasteiger partial charge in [0.1, 0.15) is 5.65 Å². The zero-order chi connectivity index (χ0) is 29.0. The maximum atomic E-state index is 5.27. The molecule has 0 N–H and O–H groups in total. The van der Waals surface area contributed by atoms with Crippen LogP contribution in [0.1, 0.15) is 0 Å². The molecule has 45 heavy (non-hydrogen) atoms. The van der Waals surface area contributed by atoms with E-state index in [0.717, 1.165) is 77.7 Å². The van der Waals surface area contributed by atoms with Gasteiger partial charge in [-0.05, 0) is 63.1 Å². The maximum Gasteiger partial charge on any atom is 2.00 e. The van der Waals surface area contributed by atoms with Gasteiger partial charge in [0.15, 0.2) is 0 Å². The average Bonchev–Trinajstić information content (AvgIpc) is 3.65. The minimum absolute atomic E-state index is 0. The molecule has 4 nitrogen and oxygen atoms in total. The predicted octanol–water partition coefficient (Wildman–Crippen LogP) is 9.64. The molecule has 9 aromatic rings. The predicted molar refractivity (Wildman–Crippen MR) is 180 cm³/mol. The quantitative estimate of drug-likeness (QED) is 0.168. The normalized spacial score (nSPS) is 11.4. The number of aromatic nitrogens is 4. The number of rotatable bonds is 4. The second-order valence-corrected chi connectivity index (χ2v) is 11.0. The summed E-state index contributed by atoms with van der Waals surface area (Å²) in [5.74, 6) is 0. The van der Waals surface area contributed by atoms with E-state index in [9.17, 15) is 0 Å². The molecule has 0 atom stereocenters. The number of pyridine rings is 2. The number of para-hydroxylation sites is 3. The SMILES string of the molecule is [Pt+2].[c-]1c(-c2cc(-c3ccccc3)cc(-c3cccc4c3[n-]c3ccccc34)n2)cccc1-n1c2ccccc2c2cccnc21. The number of hydrogen-bond donors (Lipinski definition) is 0. The largest absolute Gasteiger partial charge is 2.00 e. The van der Waals surface area contributed by atoms with Crippen molar-refractivity contribution in [1.29, 1.82) is 0 Å². The fourth-order valence-corrected chi connectivity index (χ4v) is 6.39. The minimum atomic E-state index is 0. The van der Waals surface area contributed by atoms with Gasteiger partial charge in [0.2, 0.25) is 0 Å². The van der Waals surface area contributed by atoms with Crippen LogP contribution in [0.3, 0.4) is 0 Å². The summed E-state index contributed by atoms with van der Waals surface area (Å²) < 4.78 is 2.19. The van der Waals surface area contributed by atoms with Crippen LogP contribution in [0.25, 0.3) is 83.1 Å². The summed E-state index contributed by atoms with van der Waals surface area (Å²) >= 11 is 0. The number of nitrogens with zero attached hydrogens (tertiary/aromatic N) is 4. The molecule has 0 amide bonds. The van der Waals surface area contributed by atoms with Crippen LogP contribution >= 0.6 is 0 Å². The van der Waals surface area contributed by atoms with E-state index in [1.165, 1.54) is 5.39 Å². The molecule has 4 heterocycles. The van der Waals surface area contributed by atoms with Crippen molar-refractivity contribution < 1.29 is 21.1 Å². The van der Waals surface area contributed by atoms with Crippen molar-refractivity contribution in [1.82, 2.24) is 19.5 Å². The topological polar surface area (TPSA) is 44.8 Å². The Kier molecular flexibility index (Phi) is 6.66. The zero-order valence-electron chi connectivity index (χ0n) is 24.0. The fourth-order valence-electron chi connectivity index (χ4n) is 6.39. The van der Waals surface area contributed by atoms with E-state index in [0.29, 0.717) is 0 Å². The van der Waals surface area contributed by atoms with Crippen molar-refractivity contribution in [2.45, 2.75) is 0 Å². The molecule has 0 saturated heterocycles. The standard InChI is InChI=1S/C40H24N4.Pt/c1-2-11-26(12-3-1)28-24-36(42-37(25-28)34-18-9-17-32-30-15-4-6-20-35(30)43-39(32)34)27-13-8-14-29(23-27)44-38-21-7-5-16-31(38)33-19-10-22-41-40(33)44;/h1-22,24-25H;/q-2;+2. The molecule has 0 spiro atoms. The van der Waals surface area contributed by atoms with Gasteiger partial charge in [-0.3, -0.25) is 4.98 Å². The molecule has 5 heteroatoms. The summed E-state index contributed by atoms with van der Waals surface area (Å²) in [6.07, 6.45) is 1.85. The molecule has 0 unspecified atom stereocenters. The third kappa shape index (κ3) is 4.49. The van der Waals surface area contributed by atoms with Gasteiger partial charge < -0.3 is 9.55 Å². The van der Waals surface area contributed by atoms with Crippen LogP contribution in [0.4, 0.5) is 0 Å². The summed E-state index contributed by atoms with van der Waals surface area (Å²) in [7, 11) is 0. The van der Waals surface area contributed by atoms with E-state index in [2.05, 4.69) is 132 Å². The Morgan fingerprint density at radius 1 is 0.578 bits per heavy atom. The monoisotopic (exact) mass is 755 g/mol. The number of hydrogen-bond acceptors (Lipinski definition) is 2. The molecule has 0 aliphatic rings. The Bertz CT molecular complexity index is 2460. The van der Waals surface area contributed by atoms with Crippen LogP contribution in [-0.2, 0) is 21.1 Å². The van der Waals surface area contributed by atoms with Gasteiger partial charge in [-0.15, -0.1) is 40.9 Å². The van der Waals surface area contributed by atoms with Gasteiger partial charge in [0.25, 0.3) is 0 Å². The van der Waals surface area contributed by atoms with Gasteiger partial charge in [-0.1, -0.05) is 97.1 Å². The molecule has 0 bridgehead atoms. The van der Waals surface area contributed by atoms with Crippen LogP contribution in [0.5, 0.6) is 0 Å². The first-order valence-corrected chi connectivity index (χ1v) is 14.7. The summed E-state index contributed by atoms with van der Waals surface area (Å²) in [4.78, 5) is 15.1. The van der Waals surface area contributed by atoms with E-state index in [-0.39, 0.29) is 21.1 Å².